The predicted molar refractivity (Wildman–Crippen MR) is 81.7 cm³/mol. The van der Waals surface area contributed by atoms with Crippen LogP contribution in [-0.2, 0) is 15.6 Å². The van der Waals surface area contributed by atoms with Crippen LogP contribution in [0.3, 0.4) is 0 Å². The minimum atomic E-state index is -0.0588. The molecule has 0 aliphatic heterocycles. The van der Waals surface area contributed by atoms with Crippen molar-refractivity contribution in [3.63, 3.8) is 0 Å². The van der Waals surface area contributed by atoms with Crippen LogP contribution in [-0.4, -0.2) is 12.5 Å². The highest BCUT2D eigenvalue weighted by molar-refractivity contribution is 5.86. The summed E-state index contributed by atoms with van der Waals surface area (Å²) in [4.78, 5) is 11.3. The average molecular weight is 269 g/mol. The Morgan fingerprint density at radius 3 is 2.75 bits per heavy atom. The molecule has 2 heteroatoms. The zero-order valence-corrected chi connectivity index (χ0v) is 12.4. The molecule has 1 saturated carbocycles. The monoisotopic (exact) mass is 269 g/mol. The lowest BCUT2D eigenvalue weighted by Gasteiger charge is -2.38. The van der Waals surface area contributed by atoms with E-state index in [9.17, 15) is 4.79 Å². The van der Waals surface area contributed by atoms with E-state index in [-0.39, 0.29) is 11.3 Å². The van der Waals surface area contributed by atoms with Gasteiger partial charge in [0.2, 0.25) is 5.91 Å². The lowest BCUT2D eigenvalue weighted by Crippen LogP contribution is -2.33. The van der Waals surface area contributed by atoms with Crippen LogP contribution in [0.25, 0.3) is 0 Å². The maximum absolute atomic E-state index is 11.3. The van der Waals surface area contributed by atoms with Crippen LogP contribution >= 0.6 is 0 Å². The van der Waals surface area contributed by atoms with Gasteiger partial charge in [-0.25, -0.2) is 0 Å². The third-order valence-electron chi connectivity index (χ3n) is 5.33. The lowest BCUT2D eigenvalue weighted by molar-refractivity contribution is -0.116. The van der Waals surface area contributed by atoms with Gasteiger partial charge in [-0.15, -0.1) is 0 Å². The van der Waals surface area contributed by atoms with E-state index in [0.717, 1.165) is 6.54 Å². The van der Waals surface area contributed by atoms with Crippen molar-refractivity contribution in [2.75, 3.05) is 6.54 Å². The third kappa shape index (κ3) is 1.98. The normalized spacial score (nSPS) is 29.6. The van der Waals surface area contributed by atoms with Gasteiger partial charge >= 0.3 is 0 Å². The summed E-state index contributed by atoms with van der Waals surface area (Å²) in [6.45, 7) is 8.97. The molecule has 106 valence electrons. The smallest absolute Gasteiger partial charge is 0.243 e. The van der Waals surface area contributed by atoms with Gasteiger partial charge in [-0.2, -0.15) is 0 Å². The van der Waals surface area contributed by atoms with Crippen LogP contribution in [0.15, 0.2) is 36.9 Å². The zero-order valence-electron chi connectivity index (χ0n) is 12.4. The number of hydrogen-bond acceptors (Lipinski definition) is 1. The van der Waals surface area contributed by atoms with E-state index >= 15 is 0 Å². The van der Waals surface area contributed by atoms with Gasteiger partial charge in [-0.1, -0.05) is 44.7 Å². The van der Waals surface area contributed by atoms with Gasteiger partial charge in [0.05, 0.1) is 0 Å². The topological polar surface area (TPSA) is 29.1 Å². The highest BCUT2D eigenvalue weighted by atomic mass is 16.1. The molecule has 1 N–H and O–H groups in total. The molecule has 0 heterocycles. The molecule has 2 aliphatic carbocycles. The Morgan fingerprint density at radius 1 is 1.35 bits per heavy atom. The predicted octanol–water partition coefficient (Wildman–Crippen LogP) is 3.32. The minimum Gasteiger partial charge on any atom is -0.352 e. The fraction of sp³-hybridized carbons (Fsp3) is 0.500. The average Bonchev–Trinajstić information content (AvgIpc) is 3.16. The highest BCUT2D eigenvalue weighted by Crippen LogP contribution is 2.62. The Balaban J connectivity index is 1.83. The Morgan fingerprint density at radius 2 is 2.05 bits per heavy atom. The van der Waals surface area contributed by atoms with E-state index in [0.29, 0.717) is 11.3 Å². The summed E-state index contributed by atoms with van der Waals surface area (Å²) >= 11 is 0. The van der Waals surface area contributed by atoms with Crippen molar-refractivity contribution < 1.29 is 4.79 Å². The second-order valence-electron chi connectivity index (χ2n) is 6.94. The molecule has 1 aromatic rings. The van der Waals surface area contributed by atoms with Crippen LogP contribution < -0.4 is 5.32 Å². The molecule has 2 unspecified atom stereocenters. The number of carbonyl (C=O) groups excluding carboxylic acids is 1. The second-order valence-corrected chi connectivity index (χ2v) is 6.94. The van der Waals surface area contributed by atoms with E-state index in [1.54, 1.807) is 0 Å². The number of amides is 1. The molecule has 2 atom stereocenters. The number of nitrogens with one attached hydrogen (secondary N) is 1. The van der Waals surface area contributed by atoms with Crippen LogP contribution in [0.5, 0.6) is 0 Å². The maximum Gasteiger partial charge on any atom is 0.243 e. The first-order valence-electron chi connectivity index (χ1n) is 7.50. The lowest BCUT2D eigenvalue weighted by atomic mass is 9.66. The standard InChI is InChI=1S/C18H23NO/c1-4-16(20)19-12-13-11-18(13)10-9-17(2,3)14-7-5-6-8-15(14)18/h4-8,13H,1,9-12H2,2-3H3,(H,19,20). The molecular formula is C18H23NO. The van der Waals surface area contributed by atoms with E-state index in [1.807, 2.05) is 0 Å². The van der Waals surface area contributed by atoms with Gasteiger partial charge in [-0.3, -0.25) is 4.79 Å². The maximum atomic E-state index is 11.3. The molecule has 2 nitrogen and oxygen atoms in total. The summed E-state index contributed by atoms with van der Waals surface area (Å²) in [7, 11) is 0. The Kier molecular flexibility index (Phi) is 3.00. The highest BCUT2D eigenvalue weighted by Gasteiger charge is 2.58. The van der Waals surface area contributed by atoms with E-state index in [4.69, 9.17) is 0 Å². The fourth-order valence-electron chi connectivity index (χ4n) is 3.89. The van der Waals surface area contributed by atoms with Crippen molar-refractivity contribution in [1.29, 1.82) is 0 Å². The Labute approximate surface area is 121 Å². The summed E-state index contributed by atoms with van der Waals surface area (Å²) in [5.74, 6) is 0.528. The molecular weight excluding hydrogens is 246 g/mol. The first-order chi connectivity index (χ1) is 9.49. The quantitative estimate of drug-likeness (QED) is 0.838. The molecule has 3 rings (SSSR count). The first-order valence-corrected chi connectivity index (χ1v) is 7.50. The van der Waals surface area contributed by atoms with Crippen molar-refractivity contribution in [3.8, 4) is 0 Å². The molecule has 0 radical (unpaired) electrons. The number of benzene rings is 1. The van der Waals surface area contributed by atoms with Crippen LogP contribution in [0.1, 0.15) is 44.2 Å². The van der Waals surface area contributed by atoms with E-state index < -0.39 is 0 Å². The van der Waals surface area contributed by atoms with Crippen LogP contribution in [0.2, 0.25) is 0 Å². The Hall–Kier alpha value is -1.57. The van der Waals surface area contributed by atoms with Crippen molar-refractivity contribution in [2.45, 2.75) is 43.9 Å². The summed E-state index contributed by atoms with van der Waals surface area (Å²) in [6.07, 6.45) is 5.03. The molecule has 1 amide bonds. The number of fused-ring (bicyclic) bond motifs is 2. The van der Waals surface area contributed by atoms with Crippen molar-refractivity contribution >= 4 is 5.91 Å². The second kappa shape index (κ2) is 4.47. The van der Waals surface area contributed by atoms with E-state index in [2.05, 4.69) is 50.0 Å². The summed E-state index contributed by atoms with van der Waals surface area (Å²) < 4.78 is 0. The van der Waals surface area contributed by atoms with Crippen LogP contribution in [0.4, 0.5) is 0 Å². The molecule has 20 heavy (non-hydrogen) atoms. The summed E-state index contributed by atoms with van der Waals surface area (Å²) in [5, 5.41) is 2.96. The number of rotatable bonds is 3. The Bertz CT molecular complexity index is 560. The number of carbonyl (C=O) groups is 1. The minimum absolute atomic E-state index is 0.0588. The van der Waals surface area contributed by atoms with Gasteiger partial charge in [0.1, 0.15) is 0 Å². The van der Waals surface area contributed by atoms with Gasteiger partial charge in [0, 0.05) is 12.0 Å². The largest absolute Gasteiger partial charge is 0.352 e. The fourth-order valence-corrected chi connectivity index (χ4v) is 3.89. The molecule has 2 aliphatic rings. The van der Waals surface area contributed by atoms with E-state index in [1.165, 1.54) is 36.5 Å². The first kappa shape index (κ1) is 13.4. The third-order valence-corrected chi connectivity index (χ3v) is 5.33. The SMILES string of the molecule is C=CC(=O)NCC1CC12CCC(C)(C)c1ccccc12. The summed E-state index contributed by atoms with van der Waals surface area (Å²) in [5.41, 5.74) is 3.62. The molecule has 1 aromatic carbocycles. The van der Waals surface area contributed by atoms with Crippen molar-refractivity contribution in [3.05, 3.63) is 48.0 Å². The molecule has 1 spiro atoms. The molecule has 0 aromatic heterocycles. The molecule has 0 saturated heterocycles. The molecule has 1 fully saturated rings. The zero-order chi connectivity index (χ0) is 14.4. The van der Waals surface area contributed by atoms with Crippen LogP contribution in [0, 0.1) is 5.92 Å². The van der Waals surface area contributed by atoms with Gasteiger partial charge in [0.25, 0.3) is 0 Å². The van der Waals surface area contributed by atoms with Gasteiger partial charge in [0.15, 0.2) is 0 Å². The summed E-state index contributed by atoms with van der Waals surface area (Å²) in [6, 6.07) is 8.88. The van der Waals surface area contributed by atoms with Crippen molar-refractivity contribution in [1.82, 2.24) is 5.32 Å². The van der Waals surface area contributed by atoms with Crippen molar-refractivity contribution in [2.24, 2.45) is 5.92 Å². The van der Waals surface area contributed by atoms with Gasteiger partial charge in [-0.05, 0) is 47.8 Å². The molecule has 0 bridgehead atoms. The number of hydrogen-bond donors (Lipinski definition) is 1. The van der Waals surface area contributed by atoms with Gasteiger partial charge < -0.3 is 5.32 Å².